The first-order chi connectivity index (χ1) is 8.24. The van der Waals surface area contributed by atoms with E-state index in [-0.39, 0.29) is 24.2 Å². The highest BCUT2D eigenvalue weighted by Crippen LogP contribution is 2.30. The van der Waals surface area contributed by atoms with Crippen molar-refractivity contribution >= 4 is 17.7 Å². The smallest absolute Gasteiger partial charge is 0.254 e. The summed E-state index contributed by atoms with van der Waals surface area (Å²) < 4.78 is 16.2. The number of fused-ring (bicyclic) bond motifs is 1. The number of methoxy groups -OCH3 is 3. The van der Waals surface area contributed by atoms with Crippen LogP contribution in [-0.2, 0) is 19.0 Å². The summed E-state index contributed by atoms with van der Waals surface area (Å²) in [6.45, 7) is 0.768. The van der Waals surface area contributed by atoms with Gasteiger partial charge in [0.2, 0.25) is 0 Å². The van der Waals surface area contributed by atoms with Crippen molar-refractivity contribution in [1.82, 2.24) is 4.90 Å². The van der Waals surface area contributed by atoms with Crippen molar-refractivity contribution in [1.29, 1.82) is 0 Å². The van der Waals surface area contributed by atoms with E-state index in [0.29, 0.717) is 0 Å². The molecule has 2 aliphatic heterocycles. The van der Waals surface area contributed by atoms with Crippen LogP contribution < -0.4 is 0 Å². The minimum Gasteiger partial charge on any atom is -0.376 e. The number of nitrogens with zero attached hydrogens (tertiary/aromatic N) is 1. The molecule has 0 spiro atoms. The molecule has 0 aromatic carbocycles. The molecule has 0 aromatic heterocycles. The van der Waals surface area contributed by atoms with Gasteiger partial charge in [0.05, 0.1) is 6.04 Å². The normalized spacial score (nSPS) is 38.1. The molecule has 5 nitrogen and oxygen atoms in total. The molecule has 6 heteroatoms. The lowest BCUT2D eigenvalue weighted by Gasteiger charge is -2.48. The minimum absolute atomic E-state index is 0.0259. The highest BCUT2D eigenvalue weighted by Gasteiger charge is 2.50. The standard InChI is InChI=1S/C11H19NO4S/c1-14-8-7-6-17-5-4-12(7)11(13)10(16-3)9(8)15-2/h7-10H,4-6H2,1-3H3/t7-,8+,9+,10-/m1/s1. The zero-order valence-electron chi connectivity index (χ0n) is 10.4. The van der Waals surface area contributed by atoms with Crippen LogP contribution in [0.2, 0.25) is 0 Å². The van der Waals surface area contributed by atoms with Crippen LogP contribution in [0.3, 0.4) is 0 Å². The molecule has 0 unspecified atom stereocenters. The number of thioether (sulfide) groups is 1. The lowest BCUT2D eigenvalue weighted by Crippen LogP contribution is -2.67. The first kappa shape index (κ1) is 13.1. The van der Waals surface area contributed by atoms with Crippen molar-refractivity contribution in [2.45, 2.75) is 24.4 Å². The Labute approximate surface area is 106 Å². The summed E-state index contributed by atoms with van der Waals surface area (Å²) in [5.74, 6) is 1.91. The third kappa shape index (κ3) is 2.19. The Morgan fingerprint density at radius 1 is 1.18 bits per heavy atom. The third-order valence-corrected chi connectivity index (χ3v) is 4.54. The van der Waals surface area contributed by atoms with Crippen LogP contribution in [0, 0.1) is 0 Å². The van der Waals surface area contributed by atoms with Gasteiger partial charge in [-0.3, -0.25) is 4.79 Å². The number of ether oxygens (including phenoxy) is 3. The van der Waals surface area contributed by atoms with E-state index in [1.54, 1.807) is 21.3 Å². The van der Waals surface area contributed by atoms with Gasteiger partial charge in [0, 0.05) is 39.4 Å². The number of rotatable bonds is 3. The fourth-order valence-electron chi connectivity index (χ4n) is 2.65. The van der Waals surface area contributed by atoms with Crippen molar-refractivity contribution in [2.24, 2.45) is 0 Å². The zero-order valence-corrected chi connectivity index (χ0v) is 11.2. The first-order valence-corrected chi connectivity index (χ1v) is 6.86. The molecule has 2 fully saturated rings. The van der Waals surface area contributed by atoms with E-state index in [0.717, 1.165) is 18.1 Å². The fourth-order valence-corrected chi connectivity index (χ4v) is 3.75. The molecule has 0 saturated carbocycles. The van der Waals surface area contributed by atoms with Gasteiger partial charge in [-0.25, -0.2) is 0 Å². The number of carbonyl (C=O) groups is 1. The summed E-state index contributed by atoms with van der Waals surface area (Å²) in [4.78, 5) is 14.2. The molecule has 17 heavy (non-hydrogen) atoms. The van der Waals surface area contributed by atoms with Crippen molar-refractivity contribution in [3.8, 4) is 0 Å². The molecule has 2 saturated heterocycles. The Hall–Kier alpha value is -0.300. The molecular formula is C11H19NO4S. The summed E-state index contributed by atoms with van der Waals surface area (Å²) in [6, 6.07) is 0.0996. The highest BCUT2D eigenvalue weighted by atomic mass is 32.2. The van der Waals surface area contributed by atoms with Crippen LogP contribution in [0.15, 0.2) is 0 Å². The topological polar surface area (TPSA) is 48.0 Å². The molecule has 0 bridgehead atoms. The van der Waals surface area contributed by atoms with E-state index in [4.69, 9.17) is 14.2 Å². The summed E-state index contributed by atoms with van der Waals surface area (Å²) in [7, 11) is 4.80. The van der Waals surface area contributed by atoms with Gasteiger partial charge < -0.3 is 19.1 Å². The van der Waals surface area contributed by atoms with E-state index < -0.39 is 6.10 Å². The monoisotopic (exact) mass is 261 g/mol. The fraction of sp³-hybridized carbons (Fsp3) is 0.909. The van der Waals surface area contributed by atoms with Gasteiger partial charge in [-0.2, -0.15) is 11.8 Å². The minimum atomic E-state index is -0.552. The lowest BCUT2D eigenvalue weighted by atomic mass is 9.93. The van der Waals surface area contributed by atoms with Gasteiger partial charge in [-0.1, -0.05) is 0 Å². The van der Waals surface area contributed by atoms with Gasteiger partial charge in [-0.05, 0) is 0 Å². The van der Waals surface area contributed by atoms with Gasteiger partial charge in [-0.15, -0.1) is 0 Å². The Morgan fingerprint density at radius 2 is 1.88 bits per heavy atom. The van der Waals surface area contributed by atoms with E-state index >= 15 is 0 Å². The van der Waals surface area contributed by atoms with E-state index in [9.17, 15) is 4.79 Å². The SMILES string of the molecule is CO[C@@H]1[C@H](OC)[C@@H](OC)C(=O)N2CCSC[C@H]12. The van der Waals surface area contributed by atoms with Crippen molar-refractivity contribution < 1.29 is 19.0 Å². The second-order valence-corrected chi connectivity index (χ2v) is 5.38. The Bertz CT molecular complexity index is 279. The van der Waals surface area contributed by atoms with Crippen LogP contribution in [0.4, 0.5) is 0 Å². The summed E-state index contributed by atoms with van der Waals surface area (Å²) in [6.07, 6.45) is -0.989. The quantitative estimate of drug-likeness (QED) is 0.715. The lowest BCUT2D eigenvalue weighted by molar-refractivity contribution is -0.186. The van der Waals surface area contributed by atoms with Gasteiger partial charge in [0.1, 0.15) is 12.2 Å². The molecule has 98 valence electrons. The predicted molar refractivity (Wildman–Crippen MR) is 65.2 cm³/mol. The van der Waals surface area contributed by atoms with E-state index in [1.165, 1.54) is 0 Å². The maximum Gasteiger partial charge on any atom is 0.254 e. The Morgan fingerprint density at radius 3 is 2.47 bits per heavy atom. The Balaban J connectivity index is 2.26. The number of piperidine rings is 1. The highest BCUT2D eigenvalue weighted by molar-refractivity contribution is 7.99. The maximum atomic E-state index is 12.3. The predicted octanol–water partition coefficient (Wildman–Crippen LogP) is -0.0110. The average Bonchev–Trinajstić information content (AvgIpc) is 2.38. The van der Waals surface area contributed by atoms with E-state index in [1.807, 2.05) is 16.7 Å². The molecule has 2 rings (SSSR count). The number of hydrogen-bond donors (Lipinski definition) is 0. The van der Waals surface area contributed by atoms with Crippen LogP contribution >= 0.6 is 11.8 Å². The number of carbonyl (C=O) groups excluding carboxylic acids is 1. The average molecular weight is 261 g/mol. The molecule has 0 radical (unpaired) electrons. The van der Waals surface area contributed by atoms with Crippen LogP contribution in [0.25, 0.3) is 0 Å². The van der Waals surface area contributed by atoms with Crippen LogP contribution in [0.5, 0.6) is 0 Å². The second kappa shape index (κ2) is 5.56. The number of amides is 1. The van der Waals surface area contributed by atoms with Crippen molar-refractivity contribution in [3.05, 3.63) is 0 Å². The molecule has 0 aromatic rings. The second-order valence-electron chi connectivity index (χ2n) is 4.23. The molecular weight excluding hydrogens is 242 g/mol. The van der Waals surface area contributed by atoms with Gasteiger partial charge in [0.15, 0.2) is 6.10 Å². The molecule has 0 N–H and O–H groups in total. The first-order valence-electron chi connectivity index (χ1n) is 5.71. The molecule has 2 heterocycles. The molecule has 0 aliphatic carbocycles. The van der Waals surface area contributed by atoms with Crippen molar-refractivity contribution in [2.75, 3.05) is 39.4 Å². The summed E-state index contributed by atoms with van der Waals surface area (Å²) >= 11 is 1.85. The van der Waals surface area contributed by atoms with Crippen LogP contribution in [0.1, 0.15) is 0 Å². The Kier molecular flexibility index (Phi) is 4.30. The number of hydrogen-bond acceptors (Lipinski definition) is 5. The van der Waals surface area contributed by atoms with Gasteiger partial charge >= 0.3 is 0 Å². The largest absolute Gasteiger partial charge is 0.376 e. The molecule has 4 atom stereocenters. The third-order valence-electron chi connectivity index (χ3n) is 3.49. The van der Waals surface area contributed by atoms with E-state index in [2.05, 4.69) is 0 Å². The summed E-state index contributed by atoms with van der Waals surface area (Å²) in [5, 5.41) is 0. The van der Waals surface area contributed by atoms with Gasteiger partial charge in [0.25, 0.3) is 5.91 Å². The maximum absolute atomic E-state index is 12.3. The van der Waals surface area contributed by atoms with Crippen molar-refractivity contribution in [3.63, 3.8) is 0 Å². The molecule has 1 amide bonds. The summed E-state index contributed by atoms with van der Waals surface area (Å²) in [5.41, 5.74) is 0. The zero-order chi connectivity index (χ0) is 12.4. The molecule has 2 aliphatic rings. The van der Waals surface area contributed by atoms with Crippen LogP contribution in [-0.4, -0.2) is 74.5 Å².